The molecule has 0 atom stereocenters. The molecule has 0 fully saturated rings. The van der Waals surface area contributed by atoms with Crippen LogP contribution < -0.4 is 4.74 Å². The van der Waals surface area contributed by atoms with E-state index >= 15 is 0 Å². The minimum atomic E-state index is -0.0344. The lowest BCUT2D eigenvalue weighted by molar-refractivity contribution is 0.415. The van der Waals surface area contributed by atoms with Crippen LogP contribution in [0.3, 0.4) is 0 Å². The molecule has 0 saturated heterocycles. The SMILES string of the molecule is COc1ccc(N=Nc2c(C(C)(C)C)[nH]c3ccccc23)cc1. The summed E-state index contributed by atoms with van der Waals surface area (Å²) in [6, 6.07) is 15.7. The molecule has 3 rings (SSSR count). The monoisotopic (exact) mass is 307 g/mol. The van der Waals surface area contributed by atoms with E-state index in [1.54, 1.807) is 7.11 Å². The van der Waals surface area contributed by atoms with Crippen molar-refractivity contribution in [3.63, 3.8) is 0 Å². The van der Waals surface area contributed by atoms with Crippen LogP contribution >= 0.6 is 0 Å². The molecule has 4 heteroatoms. The summed E-state index contributed by atoms with van der Waals surface area (Å²) in [7, 11) is 1.65. The lowest BCUT2D eigenvalue weighted by Crippen LogP contribution is -2.11. The zero-order valence-corrected chi connectivity index (χ0v) is 13.9. The molecule has 0 aliphatic rings. The molecular weight excluding hydrogens is 286 g/mol. The number of nitrogens with one attached hydrogen (secondary N) is 1. The molecule has 0 aliphatic carbocycles. The van der Waals surface area contributed by atoms with Gasteiger partial charge in [-0.1, -0.05) is 39.0 Å². The summed E-state index contributed by atoms with van der Waals surface area (Å²) < 4.78 is 5.16. The third-order valence-corrected chi connectivity index (χ3v) is 3.77. The van der Waals surface area contributed by atoms with Crippen LogP contribution in [0, 0.1) is 0 Å². The average molecular weight is 307 g/mol. The van der Waals surface area contributed by atoms with Crippen molar-refractivity contribution >= 4 is 22.3 Å². The maximum Gasteiger partial charge on any atom is 0.119 e. The maximum absolute atomic E-state index is 5.16. The minimum absolute atomic E-state index is 0.0344. The Morgan fingerprint density at radius 3 is 2.26 bits per heavy atom. The number of benzene rings is 2. The van der Waals surface area contributed by atoms with Gasteiger partial charge in [-0.3, -0.25) is 0 Å². The van der Waals surface area contributed by atoms with Crippen molar-refractivity contribution in [2.45, 2.75) is 26.2 Å². The highest BCUT2D eigenvalue weighted by Crippen LogP contribution is 2.38. The van der Waals surface area contributed by atoms with Crippen molar-refractivity contribution in [1.29, 1.82) is 0 Å². The summed E-state index contributed by atoms with van der Waals surface area (Å²) >= 11 is 0. The van der Waals surface area contributed by atoms with Crippen molar-refractivity contribution in [1.82, 2.24) is 4.98 Å². The van der Waals surface area contributed by atoms with Gasteiger partial charge in [0.1, 0.15) is 11.4 Å². The van der Waals surface area contributed by atoms with Gasteiger partial charge in [-0.05, 0) is 30.3 Å². The standard InChI is InChI=1S/C19H21N3O/c1-19(2,3)18-17(15-7-5-6-8-16(15)20-18)22-21-13-9-11-14(23-4)12-10-13/h5-12,20H,1-4H3. The Balaban J connectivity index is 2.05. The van der Waals surface area contributed by atoms with Crippen molar-refractivity contribution < 1.29 is 4.74 Å². The summed E-state index contributed by atoms with van der Waals surface area (Å²) in [5, 5.41) is 10.0. The molecule has 2 aromatic carbocycles. The highest BCUT2D eigenvalue weighted by Gasteiger charge is 2.22. The van der Waals surface area contributed by atoms with Gasteiger partial charge in [-0.2, -0.15) is 5.11 Å². The van der Waals surface area contributed by atoms with Crippen LogP contribution in [0.25, 0.3) is 10.9 Å². The van der Waals surface area contributed by atoms with E-state index < -0.39 is 0 Å². The largest absolute Gasteiger partial charge is 0.497 e. The van der Waals surface area contributed by atoms with E-state index in [4.69, 9.17) is 4.74 Å². The van der Waals surface area contributed by atoms with E-state index in [-0.39, 0.29) is 5.41 Å². The van der Waals surface area contributed by atoms with Crippen molar-refractivity contribution in [3.8, 4) is 5.75 Å². The molecule has 0 radical (unpaired) electrons. The van der Waals surface area contributed by atoms with E-state index in [1.807, 2.05) is 36.4 Å². The van der Waals surface area contributed by atoms with Crippen LogP contribution in [-0.4, -0.2) is 12.1 Å². The number of aromatic amines is 1. The number of nitrogens with zero attached hydrogens (tertiary/aromatic N) is 2. The summed E-state index contributed by atoms with van der Waals surface area (Å²) in [5.41, 5.74) is 3.85. The molecule has 0 saturated carbocycles. The van der Waals surface area contributed by atoms with Crippen LogP contribution in [0.1, 0.15) is 26.5 Å². The Kier molecular flexibility index (Phi) is 3.90. The number of fused-ring (bicyclic) bond motifs is 1. The molecule has 1 aromatic heterocycles. The topological polar surface area (TPSA) is 49.7 Å². The fraction of sp³-hybridized carbons (Fsp3) is 0.263. The van der Waals surface area contributed by atoms with Crippen molar-refractivity contribution in [2.75, 3.05) is 7.11 Å². The average Bonchev–Trinajstić information content (AvgIpc) is 2.92. The molecule has 0 amide bonds. The number of para-hydroxylation sites is 1. The molecule has 1 heterocycles. The number of ether oxygens (including phenoxy) is 1. The summed E-state index contributed by atoms with van der Waals surface area (Å²) in [5.74, 6) is 0.812. The third kappa shape index (κ3) is 3.11. The highest BCUT2D eigenvalue weighted by molar-refractivity contribution is 5.93. The van der Waals surface area contributed by atoms with E-state index in [2.05, 4.69) is 48.1 Å². The fourth-order valence-electron chi connectivity index (χ4n) is 2.53. The van der Waals surface area contributed by atoms with Gasteiger partial charge >= 0.3 is 0 Å². The molecule has 0 aliphatic heterocycles. The molecule has 1 N–H and O–H groups in total. The zero-order chi connectivity index (χ0) is 16.4. The first-order chi connectivity index (χ1) is 11.0. The summed E-state index contributed by atoms with van der Waals surface area (Å²) in [6.45, 7) is 6.51. The number of methoxy groups -OCH3 is 1. The van der Waals surface area contributed by atoms with Gasteiger partial charge in [0.2, 0.25) is 0 Å². The quantitative estimate of drug-likeness (QED) is 0.603. The second kappa shape index (κ2) is 5.88. The number of rotatable bonds is 3. The smallest absolute Gasteiger partial charge is 0.119 e. The second-order valence-corrected chi connectivity index (χ2v) is 6.54. The molecular formula is C19H21N3O. The molecule has 23 heavy (non-hydrogen) atoms. The Bertz CT molecular complexity index is 839. The number of hydrogen-bond acceptors (Lipinski definition) is 3. The Morgan fingerprint density at radius 1 is 0.913 bits per heavy atom. The molecule has 0 bridgehead atoms. The zero-order valence-electron chi connectivity index (χ0n) is 13.9. The normalized spacial score (nSPS) is 12.2. The molecule has 0 spiro atoms. The molecule has 118 valence electrons. The van der Waals surface area contributed by atoms with Crippen LogP contribution in [0.4, 0.5) is 11.4 Å². The third-order valence-electron chi connectivity index (χ3n) is 3.77. The number of azo groups is 1. The van der Waals surface area contributed by atoms with Crippen LogP contribution in [0.15, 0.2) is 58.8 Å². The fourth-order valence-corrected chi connectivity index (χ4v) is 2.53. The number of hydrogen-bond donors (Lipinski definition) is 1. The minimum Gasteiger partial charge on any atom is -0.497 e. The van der Waals surface area contributed by atoms with Gasteiger partial charge in [0.25, 0.3) is 0 Å². The first kappa shape index (κ1) is 15.3. The lowest BCUT2D eigenvalue weighted by atomic mass is 9.91. The van der Waals surface area contributed by atoms with E-state index in [0.717, 1.165) is 33.7 Å². The lowest BCUT2D eigenvalue weighted by Gasteiger charge is -2.17. The maximum atomic E-state index is 5.16. The van der Waals surface area contributed by atoms with Crippen LogP contribution in [0.5, 0.6) is 5.75 Å². The van der Waals surface area contributed by atoms with Crippen LogP contribution in [0.2, 0.25) is 0 Å². The highest BCUT2D eigenvalue weighted by atomic mass is 16.5. The first-order valence-electron chi connectivity index (χ1n) is 7.66. The van der Waals surface area contributed by atoms with Gasteiger partial charge in [0.15, 0.2) is 0 Å². The summed E-state index contributed by atoms with van der Waals surface area (Å²) in [6.07, 6.45) is 0. The molecule has 0 unspecified atom stereocenters. The van der Waals surface area contributed by atoms with Crippen molar-refractivity contribution in [2.24, 2.45) is 10.2 Å². The first-order valence-corrected chi connectivity index (χ1v) is 7.66. The van der Waals surface area contributed by atoms with E-state index in [9.17, 15) is 0 Å². The Morgan fingerprint density at radius 2 is 1.61 bits per heavy atom. The number of aromatic nitrogens is 1. The predicted octanol–water partition coefficient (Wildman–Crippen LogP) is 5.89. The van der Waals surface area contributed by atoms with Crippen LogP contribution in [-0.2, 0) is 5.41 Å². The van der Waals surface area contributed by atoms with E-state index in [0.29, 0.717) is 0 Å². The van der Waals surface area contributed by atoms with Gasteiger partial charge < -0.3 is 9.72 Å². The summed E-state index contributed by atoms with van der Waals surface area (Å²) in [4.78, 5) is 3.48. The van der Waals surface area contributed by atoms with Gasteiger partial charge in [0.05, 0.1) is 12.8 Å². The van der Waals surface area contributed by atoms with Gasteiger partial charge in [0, 0.05) is 22.0 Å². The van der Waals surface area contributed by atoms with Gasteiger partial charge in [-0.25, -0.2) is 0 Å². The van der Waals surface area contributed by atoms with Crippen molar-refractivity contribution in [3.05, 3.63) is 54.2 Å². The number of H-pyrrole nitrogens is 1. The molecule has 3 aromatic rings. The second-order valence-electron chi connectivity index (χ2n) is 6.54. The van der Waals surface area contributed by atoms with E-state index in [1.165, 1.54) is 0 Å². The Labute approximate surface area is 136 Å². The molecule has 4 nitrogen and oxygen atoms in total. The predicted molar refractivity (Wildman–Crippen MR) is 94.2 cm³/mol. The van der Waals surface area contributed by atoms with Gasteiger partial charge in [-0.15, -0.1) is 5.11 Å². The Hall–Kier alpha value is -2.62.